The lowest BCUT2D eigenvalue weighted by molar-refractivity contribution is -0.115. The molecule has 2 rings (SSSR count). The average molecular weight is 593 g/mol. The van der Waals surface area contributed by atoms with Crippen LogP contribution in [0.1, 0.15) is 15.9 Å². The van der Waals surface area contributed by atoms with Crippen molar-refractivity contribution in [1.82, 2.24) is 5.32 Å². The van der Waals surface area contributed by atoms with Crippen molar-refractivity contribution < 1.29 is 19.4 Å². The van der Waals surface area contributed by atoms with E-state index in [2.05, 4.69) is 58.4 Å². The Morgan fingerprint density at radius 1 is 1.14 bits per heavy atom. The predicted molar refractivity (Wildman–Crippen MR) is 123 cm³/mol. The summed E-state index contributed by atoms with van der Waals surface area (Å²) in [5.74, 6) is -1.02. The normalized spacial score (nSPS) is 10.6. The van der Waals surface area contributed by atoms with E-state index in [1.165, 1.54) is 19.3 Å². The van der Waals surface area contributed by atoms with Crippen LogP contribution in [0.25, 0.3) is 6.08 Å². The molecule has 0 saturated heterocycles. The first-order valence-electron chi connectivity index (χ1n) is 7.57. The van der Waals surface area contributed by atoms with Crippen LogP contribution < -0.4 is 15.4 Å². The van der Waals surface area contributed by atoms with Crippen molar-refractivity contribution in [3.8, 4) is 5.75 Å². The van der Waals surface area contributed by atoms with Crippen molar-refractivity contribution in [2.45, 2.75) is 0 Å². The number of methoxy groups -OCH3 is 1. The highest BCUT2D eigenvalue weighted by Gasteiger charge is 2.13. The van der Waals surface area contributed by atoms with Crippen LogP contribution in [0.3, 0.4) is 0 Å². The third-order valence-electron chi connectivity index (χ3n) is 3.35. The average Bonchev–Trinajstić information content (AvgIpc) is 2.60. The molecule has 0 atom stereocenters. The van der Waals surface area contributed by atoms with E-state index >= 15 is 0 Å². The molecule has 0 radical (unpaired) electrons. The summed E-state index contributed by atoms with van der Waals surface area (Å²) >= 11 is 15.1. The predicted octanol–water partition coefficient (Wildman–Crippen LogP) is 5.21. The summed E-state index contributed by atoms with van der Waals surface area (Å²) < 4.78 is 7.48. The number of nitrogens with one attached hydrogen (secondary N) is 2. The van der Waals surface area contributed by atoms with Gasteiger partial charge in [0.25, 0.3) is 0 Å². The number of hydrogen-bond donors (Lipinski definition) is 3. The molecule has 3 N–H and O–H groups in total. The summed E-state index contributed by atoms with van der Waals surface area (Å²) in [6.07, 6.45) is 2.87. The number of aromatic carboxylic acids is 1. The van der Waals surface area contributed by atoms with Gasteiger partial charge in [-0.05, 0) is 64.6 Å². The molecule has 0 aliphatic rings. The van der Waals surface area contributed by atoms with Gasteiger partial charge in [-0.25, -0.2) is 4.79 Å². The van der Waals surface area contributed by atoms with E-state index in [1.807, 2.05) is 6.07 Å². The van der Waals surface area contributed by atoms with Gasteiger partial charge < -0.3 is 15.2 Å². The van der Waals surface area contributed by atoms with Crippen molar-refractivity contribution in [3.05, 3.63) is 61.0 Å². The highest BCUT2D eigenvalue weighted by atomic mass is 79.9. The quantitative estimate of drug-likeness (QED) is 0.327. The summed E-state index contributed by atoms with van der Waals surface area (Å²) in [5.41, 5.74) is 0.964. The minimum absolute atomic E-state index is 0.0187. The van der Waals surface area contributed by atoms with E-state index in [9.17, 15) is 14.7 Å². The Hall–Kier alpha value is -1.75. The second-order valence-electron chi connectivity index (χ2n) is 5.28. The fraction of sp³-hybridized carbons (Fsp3) is 0.0556. The summed E-state index contributed by atoms with van der Waals surface area (Å²) in [4.78, 5) is 23.5. The van der Waals surface area contributed by atoms with Crippen LogP contribution in [-0.4, -0.2) is 29.2 Å². The first kappa shape index (κ1) is 22.5. The van der Waals surface area contributed by atoms with Crippen LogP contribution in [0, 0.1) is 0 Å². The summed E-state index contributed by atoms with van der Waals surface area (Å²) in [6, 6.07) is 8.27. The molecule has 0 bridgehead atoms. The molecule has 0 fully saturated rings. The number of carbonyl (C=O) groups is 2. The van der Waals surface area contributed by atoms with Gasteiger partial charge in [0, 0.05) is 20.6 Å². The van der Waals surface area contributed by atoms with E-state index in [0.29, 0.717) is 15.8 Å². The van der Waals surface area contributed by atoms with Crippen LogP contribution in [0.2, 0.25) is 0 Å². The molecule has 2 aromatic rings. The fourth-order valence-electron chi connectivity index (χ4n) is 2.19. The van der Waals surface area contributed by atoms with Crippen LogP contribution in [0.15, 0.2) is 49.8 Å². The summed E-state index contributed by atoms with van der Waals surface area (Å²) in [5, 5.41) is 14.4. The van der Waals surface area contributed by atoms with Crippen LogP contribution in [-0.2, 0) is 4.79 Å². The first-order valence-corrected chi connectivity index (χ1v) is 10.4. The van der Waals surface area contributed by atoms with Crippen LogP contribution in [0.5, 0.6) is 5.75 Å². The molecule has 0 aliphatic heterocycles. The molecule has 0 spiro atoms. The maximum atomic E-state index is 12.1. The maximum absolute atomic E-state index is 12.1. The Kier molecular flexibility index (Phi) is 8.17. The molecule has 1 amide bonds. The number of anilines is 1. The standard InChI is InChI=1S/C18H13Br3N2O4S/c1-27-16-9(6-11(20)8-13(16)21)2-5-15(24)23-18(28)22-14-4-3-10(19)7-12(14)17(25)26/h2-8H,1H3,(H,25,26)(H2,22,23,24,28). The van der Waals surface area contributed by atoms with Crippen LogP contribution in [0.4, 0.5) is 5.69 Å². The number of carboxylic acid groups (broad SMARTS) is 1. The number of hydrogen-bond acceptors (Lipinski definition) is 4. The van der Waals surface area contributed by atoms with Gasteiger partial charge in [-0.3, -0.25) is 10.1 Å². The lowest BCUT2D eigenvalue weighted by atomic mass is 10.2. The smallest absolute Gasteiger partial charge is 0.337 e. The van der Waals surface area contributed by atoms with Crippen molar-refractivity contribution in [2.75, 3.05) is 12.4 Å². The number of carboxylic acids is 1. The second-order valence-corrected chi connectivity index (χ2v) is 8.38. The molecule has 0 saturated carbocycles. The van der Waals surface area contributed by atoms with Crippen molar-refractivity contribution in [1.29, 1.82) is 0 Å². The van der Waals surface area contributed by atoms with Gasteiger partial charge in [0.2, 0.25) is 5.91 Å². The zero-order valence-corrected chi connectivity index (χ0v) is 19.8. The maximum Gasteiger partial charge on any atom is 0.337 e. The Bertz CT molecular complexity index is 980. The Morgan fingerprint density at radius 3 is 2.50 bits per heavy atom. The highest BCUT2D eigenvalue weighted by Crippen LogP contribution is 2.33. The van der Waals surface area contributed by atoms with Gasteiger partial charge in [-0.2, -0.15) is 0 Å². The number of thiocarbonyl (C=S) groups is 1. The van der Waals surface area contributed by atoms with E-state index in [4.69, 9.17) is 17.0 Å². The molecular formula is C18H13Br3N2O4S. The summed E-state index contributed by atoms with van der Waals surface area (Å²) in [7, 11) is 1.53. The zero-order valence-electron chi connectivity index (χ0n) is 14.3. The van der Waals surface area contributed by atoms with E-state index in [0.717, 1.165) is 8.95 Å². The largest absolute Gasteiger partial charge is 0.495 e. The summed E-state index contributed by atoms with van der Waals surface area (Å²) in [6.45, 7) is 0. The lowest BCUT2D eigenvalue weighted by Gasteiger charge is -2.11. The molecule has 6 nitrogen and oxygen atoms in total. The van der Waals surface area contributed by atoms with Gasteiger partial charge in [0.05, 0.1) is 22.8 Å². The third kappa shape index (κ3) is 6.13. The number of amides is 1. The Morgan fingerprint density at radius 2 is 1.86 bits per heavy atom. The number of halogens is 3. The third-order valence-corrected chi connectivity index (χ3v) is 5.10. The number of benzene rings is 2. The van der Waals surface area contributed by atoms with Crippen LogP contribution >= 0.6 is 60.0 Å². The minimum Gasteiger partial charge on any atom is -0.495 e. The van der Waals surface area contributed by atoms with Gasteiger partial charge in [0.1, 0.15) is 5.75 Å². The molecule has 2 aromatic carbocycles. The Labute approximate surface area is 191 Å². The number of rotatable bonds is 5. The molecule has 0 unspecified atom stereocenters. The fourth-order valence-corrected chi connectivity index (χ4v) is 4.19. The molecule has 0 heterocycles. The topological polar surface area (TPSA) is 87.7 Å². The van der Waals surface area contributed by atoms with E-state index in [1.54, 1.807) is 24.3 Å². The molecule has 28 heavy (non-hydrogen) atoms. The monoisotopic (exact) mass is 590 g/mol. The van der Waals surface area contributed by atoms with Gasteiger partial charge in [0.15, 0.2) is 5.11 Å². The van der Waals surface area contributed by atoms with Gasteiger partial charge in [-0.15, -0.1) is 0 Å². The van der Waals surface area contributed by atoms with Crippen molar-refractivity contribution in [3.63, 3.8) is 0 Å². The molecule has 146 valence electrons. The molecule has 0 aliphatic carbocycles. The van der Waals surface area contributed by atoms with E-state index < -0.39 is 11.9 Å². The minimum atomic E-state index is -1.12. The first-order chi connectivity index (χ1) is 13.2. The highest BCUT2D eigenvalue weighted by molar-refractivity contribution is 9.11. The molecule has 0 aromatic heterocycles. The van der Waals surface area contributed by atoms with E-state index in [-0.39, 0.29) is 16.4 Å². The van der Waals surface area contributed by atoms with Crippen molar-refractivity contribution in [2.24, 2.45) is 0 Å². The molecule has 10 heteroatoms. The number of carbonyl (C=O) groups excluding carboxylic acids is 1. The zero-order chi connectivity index (χ0) is 20.8. The van der Waals surface area contributed by atoms with Gasteiger partial charge in [-0.1, -0.05) is 31.9 Å². The molecular weight excluding hydrogens is 580 g/mol. The van der Waals surface area contributed by atoms with Gasteiger partial charge >= 0.3 is 5.97 Å². The SMILES string of the molecule is COc1c(Br)cc(Br)cc1C=CC(=O)NC(=S)Nc1ccc(Br)cc1C(=O)O. The Balaban J connectivity index is 2.09. The number of ether oxygens (including phenoxy) is 1. The lowest BCUT2D eigenvalue weighted by Crippen LogP contribution is -2.33. The van der Waals surface area contributed by atoms with Crippen molar-refractivity contribution >= 4 is 88.8 Å². The second kappa shape index (κ2) is 10.1.